The molecule has 1 aromatic carbocycles. The quantitative estimate of drug-likeness (QED) is 0.789. The largest absolute Gasteiger partial charge is 0.342 e. The number of benzene rings is 1. The van der Waals surface area contributed by atoms with Crippen molar-refractivity contribution in [2.75, 3.05) is 31.9 Å². The molecule has 0 unspecified atom stereocenters. The highest BCUT2D eigenvalue weighted by Crippen LogP contribution is 2.25. The topological polar surface area (TPSA) is 32.3 Å². The highest BCUT2D eigenvalue weighted by molar-refractivity contribution is 8.00. The van der Waals surface area contributed by atoms with Crippen LogP contribution in [0.5, 0.6) is 0 Å². The maximum Gasteiger partial charge on any atom is 0.232 e. The van der Waals surface area contributed by atoms with Crippen LogP contribution in [0.1, 0.15) is 30.9 Å². The summed E-state index contributed by atoms with van der Waals surface area (Å²) in [7, 11) is 0. The van der Waals surface area contributed by atoms with E-state index in [4.69, 9.17) is 0 Å². The molecule has 0 spiro atoms. The molecule has 1 fully saturated rings. The molecular weight excluding hydrogens is 328 g/mol. The number of hydrogen-bond acceptors (Lipinski definition) is 3. The lowest BCUT2D eigenvalue weighted by Crippen LogP contribution is -2.41. The fourth-order valence-corrected chi connectivity index (χ4v) is 3.86. The molecule has 0 bridgehead atoms. The standard InChI is InChI=1S/C18H28N2OS.ClH/c1-4-19-12-16-7-9-20(10-8-16)18(21)13-22-17-11-14(2)5-6-15(17)3;/h5-6,11,16,19H,4,7-10,12-13H2,1-3H3;1H. The van der Waals surface area contributed by atoms with Gasteiger partial charge >= 0.3 is 0 Å². The molecule has 0 atom stereocenters. The second kappa shape index (κ2) is 10.2. The zero-order valence-electron chi connectivity index (χ0n) is 14.4. The van der Waals surface area contributed by atoms with Crippen molar-refractivity contribution in [1.29, 1.82) is 0 Å². The summed E-state index contributed by atoms with van der Waals surface area (Å²) >= 11 is 1.67. The molecule has 0 aliphatic carbocycles. The first kappa shape index (κ1) is 20.3. The second-order valence-corrected chi connectivity index (χ2v) is 7.21. The van der Waals surface area contributed by atoms with E-state index in [9.17, 15) is 4.79 Å². The monoisotopic (exact) mass is 356 g/mol. The first-order valence-corrected chi connectivity index (χ1v) is 9.27. The lowest BCUT2D eigenvalue weighted by Gasteiger charge is -2.32. The van der Waals surface area contributed by atoms with Crippen LogP contribution < -0.4 is 5.32 Å². The molecule has 0 radical (unpaired) electrons. The van der Waals surface area contributed by atoms with Gasteiger partial charge in [-0.15, -0.1) is 24.2 Å². The number of hydrogen-bond donors (Lipinski definition) is 1. The predicted molar refractivity (Wildman–Crippen MR) is 102 cm³/mol. The average Bonchev–Trinajstić information content (AvgIpc) is 2.54. The van der Waals surface area contributed by atoms with Crippen molar-refractivity contribution in [2.45, 2.75) is 38.5 Å². The molecule has 1 N–H and O–H groups in total. The van der Waals surface area contributed by atoms with Crippen LogP contribution in [-0.4, -0.2) is 42.7 Å². The number of halogens is 1. The van der Waals surface area contributed by atoms with E-state index in [-0.39, 0.29) is 18.3 Å². The fraction of sp³-hybridized carbons (Fsp3) is 0.611. The number of carbonyl (C=O) groups is 1. The average molecular weight is 357 g/mol. The Morgan fingerprint density at radius 3 is 2.65 bits per heavy atom. The molecule has 3 nitrogen and oxygen atoms in total. The highest BCUT2D eigenvalue weighted by Gasteiger charge is 2.22. The molecule has 0 saturated carbocycles. The summed E-state index contributed by atoms with van der Waals surface area (Å²) in [4.78, 5) is 15.7. The van der Waals surface area contributed by atoms with E-state index in [1.54, 1.807) is 11.8 Å². The molecule has 0 aromatic heterocycles. The van der Waals surface area contributed by atoms with Gasteiger partial charge in [0.15, 0.2) is 0 Å². The molecule has 2 rings (SSSR count). The third-order valence-electron chi connectivity index (χ3n) is 4.35. The van der Waals surface area contributed by atoms with Gasteiger partial charge in [0.05, 0.1) is 5.75 Å². The van der Waals surface area contributed by atoms with Crippen molar-refractivity contribution in [1.82, 2.24) is 10.2 Å². The molecule has 1 heterocycles. The Labute approximate surface area is 151 Å². The molecule has 1 aliphatic rings. The van der Waals surface area contributed by atoms with Crippen LogP contribution in [0.15, 0.2) is 23.1 Å². The summed E-state index contributed by atoms with van der Waals surface area (Å²) in [5, 5.41) is 3.41. The number of carbonyl (C=O) groups excluding carboxylic acids is 1. The molecular formula is C18H29ClN2OS. The van der Waals surface area contributed by atoms with Gasteiger partial charge in [-0.05, 0) is 57.3 Å². The zero-order valence-corrected chi connectivity index (χ0v) is 16.1. The molecule has 130 valence electrons. The lowest BCUT2D eigenvalue weighted by molar-refractivity contribution is -0.129. The Bertz CT molecular complexity index is 502. The van der Waals surface area contributed by atoms with Crippen LogP contribution in [0, 0.1) is 19.8 Å². The Morgan fingerprint density at radius 1 is 1.30 bits per heavy atom. The molecule has 5 heteroatoms. The van der Waals surface area contributed by atoms with E-state index < -0.39 is 0 Å². The number of thioether (sulfide) groups is 1. The van der Waals surface area contributed by atoms with Gasteiger partial charge in [0, 0.05) is 18.0 Å². The van der Waals surface area contributed by atoms with Gasteiger partial charge in [0.25, 0.3) is 0 Å². The third kappa shape index (κ3) is 6.36. The normalized spacial score (nSPS) is 15.3. The van der Waals surface area contributed by atoms with Gasteiger partial charge in [-0.25, -0.2) is 0 Å². The van der Waals surface area contributed by atoms with E-state index in [1.165, 1.54) is 16.0 Å². The SMILES string of the molecule is CCNCC1CCN(C(=O)CSc2cc(C)ccc2C)CC1.Cl. The molecule has 1 aliphatic heterocycles. The van der Waals surface area contributed by atoms with Gasteiger partial charge < -0.3 is 10.2 Å². The molecule has 1 amide bonds. The van der Waals surface area contributed by atoms with Crippen molar-refractivity contribution in [2.24, 2.45) is 5.92 Å². The van der Waals surface area contributed by atoms with Crippen LogP contribution >= 0.6 is 24.2 Å². The van der Waals surface area contributed by atoms with E-state index in [1.807, 2.05) is 4.90 Å². The number of aryl methyl sites for hydroxylation is 2. The van der Waals surface area contributed by atoms with Gasteiger partial charge in [-0.2, -0.15) is 0 Å². The van der Waals surface area contributed by atoms with Gasteiger partial charge in [-0.3, -0.25) is 4.79 Å². The second-order valence-electron chi connectivity index (χ2n) is 6.19. The van der Waals surface area contributed by atoms with Crippen LogP contribution in [0.3, 0.4) is 0 Å². The lowest BCUT2D eigenvalue weighted by atomic mass is 9.97. The first-order valence-electron chi connectivity index (χ1n) is 8.28. The van der Waals surface area contributed by atoms with Crippen molar-refractivity contribution in [3.05, 3.63) is 29.3 Å². The number of piperidine rings is 1. The minimum Gasteiger partial charge on any atom is -0.342 e. The van der Waals surface area contributed by atoms with Crippen LogP contribution in [0.2, 0.25) is 0 Å². The van der Waals surface area contributed by atoms with Crippen molar-refractivity contribution in [3.63, 3.8) is 0 Å². The van der Waals surface area contributed by atoms with E-state index in [0.29, 0.717) is 5.75 Å². The maximum absolute atomic E-state index is 12.4. The highest BCUT2D eigenvalue weighted by atomic mass is 35.5. The van der Waals surface area contributed by atoms with Crippen molar-refractivity contribution in [3.8, 4) is 0 Å². The fourth-order valence-electron chi connectivity index (χ4n) is 2.83. The minimum absolute atomic E-state index is 0. The van der Waals surface area contributed by atoms with Gasteiger partial charge in [0.2, 0.25) is 5.91 Å². The minimum atomic E-state index is 0. The summed E-state index contributed by atoms with van der Waals surface area (Å²) in [5.74, 6) is 1.57. The van der Waals surface area contributed by atoms with Gasteiger partial charge in [0.1, 0.15) is 0 Å². The number of amides is 1. The Kier molecular flexibility index (Phi) is 9.03. The summed E-state index contributed by atoms with van der Waals surface area (Å²) in [6.07, 6.45) is 2.26. The summed E-state index contributed by atoms with van der Waals surface area (Å²) in [5.41, 5.74) is 2.51. The molecule has 23 heavy (non-hydrogen) atoms. The van der Waals surface area contributed by atoms with E-state index >= 15 is 0 Å². The van der Waals surface area contributed by atoms with Crippen LogP contribution in [0.25, 0.3) is 0 Å². The molecule has 1 saturated heterocycles. The van der Waals surface area contributed by atoms with Gasteiger partial charge in [-0.1, -0.05) is 24.6 Å². The molecule has 1 aromatic rings. The Morgan fingerprint density at radius 2 is 2.00 bits per heavy atom. The number of likely N-dealkylation sites (tertiary alicyclic amines) is 1. The predicted octanol–water partition coefficient (Wildman–Crippen LogP) is 3.67. The first-order chi connectivity index (χ1) is 10.6. The number of nitrogens with zero attached hydrogens (tertiary/aromatic N) is 1. The van der Waals surface area contributed by atoms with E-state index in [0.717, 1.165) is 44.9 Å². The zero-order chi connectivity index (χ0) is 15.9. The third-order valence-corrected chi connectivity index (χ3v) is 5.49. The maximum atomic E-state index is 12.4. The summed E-state index contributed by atoms with van der Waals surface area (Å²) < 4.78 is 0. The summed E-state index contributed by atoms with van der Waals surface area (Å²) in [6, 6.07) is 6.43. The van der Waals surface area contributed by atoms with Crippen molar-refractivity contribution < 1.29 is 4.79 Å². The smallest absolute Gasteiger partial charge is 0.232 e. The number of nitrogens with one attached hydrogen (secondary N) is 1. The Hall–Kier alpha value is -0.710. The van der Waals surface area contributed by atoms with Crippen LogP contribution in [-0.2, 0) is 4.79 Å². The summed E-state index contributed by atoms with van der Waals surface area (Å²) in [6.45, 7) is 10.3. The van der Waals surface area contributed by atoms with Crippen LogP contribution in [0.4, 0.5) is 0 Å². The number of rotatable bonds is 6. The Balaban J connectivity index is 0.00000264. The van der Waals surface area contributed by atoms with Crippen molar-refractivity contribution >= 4 is 30.1 Å². The van der Waals surface area contributed by atoms with E-state index in [2.05, 4.69) is 44.3 Å².